The summed E-state index contributed by atoms with van der Waals surface area (Å²) in [6.07, 6.45) is 0. The Morgan fingerprint density at radius 1 is 1.12 bits per heavy atom. The Bertz CT molecular complexity index is 516. The predicted molar refractivity (Wildman–Crippen MR) is 72.2 cm³/mol. The second-order valence-corrected chi connectivity index (χ2v) is 4.84. The van der Waals surface area contributed by atoms with E-state index in [1.165, 1.54) is 16.3 Å². The molecule has 2 aromatic carbocycles. The molecule has 1 fully saturated rings. The van der Waals surface area contributed by atoms with E-state index < -0.39 is 0 Å². The van der Waals surface area contributed by atoms with Crippen molar-refractivity contribution in [1.82, 2.24) is 10.2 Å². The molecule has 1 N–H and O–H groups in total. The largest absolute Gasteiger partial charge is 0.308 e. The summed E-state index contributed by atoms with van der Waals surface area (Å²) < 4.78 is 0. The molecular formula is C15H18N2. The highest BCUT2D eigenvalue weighted by molar-refractivity contribution is 5.86. The van der Waals surface area contributed by atoms with Gasteiger partial charge < -0.3 is 10.2 Å². The van der Waals surface area contributed by atoms with Gasteiger partial charge in [-0.25, -0.2) is 0 Å². The van der Waals surface area contributed by atoms with E-state index in [9.17, 15) is 0 Å². The summed E-state index contributed by atoms with van der Waals surface area (Å²) in [4.78, 5) is 2.39. The molecule has 2 aromatic rings. The third-order valence-corrected chi connectivity index (χ3v) is 3.58. The minimum Gasteiger partial charge on any atom is -0.308 e. The maximum absolute atomic E-state index is 3.62. The van der Waals surface area contributed by atoms with Gasteiger partial charge in [-0.3, -0.25) is 0 Å². The molecule has 0 aromatic heterocycles. The Balaban J connectivity index is 2.04. The second-order valence-electron chi connectivity index (χ2n) is 4.84. The molecule has 1 aliphatic heterocycles. The van der Waals surface area contributed by atoms with Crippen LogP contribution in [0.3, 0.4) is 0 Å². The van der Waals surface area contributed by atoms with Crippen LogP contribution in [0.2, 0.25) is 0 Å². The second kappa shape index (κ2) is 4.47. The van der Waals surface area contributed by atoms with E-state index in [1.54, 1.807) is 0 Å². The first-order chi connectivity index (χ1) is 8.34. The number of likely N-dealkylation sites (N-methyl/N-ethyl adjacent to an activating group) is 1. The first kappa shape index (κ1) is 10.8. The molecule has 0 aliphatic carbocycles. The summed E-state index contributed by atoms with van der Waals surface area (Å²) in [6, 6.07) is 15.7. The Morgan fingerprint density at radius 3 is 2.82 bits per heavy atom. The summed E-state index contributed by atoms with van der Waals surface area (Å²) in [7, 11) is 2.19. The minimum absolute atomic E-state index is 0.458. The lowest BCUT2D eigenvalue weighted by atomic mass is 9.97. The summed E-state index contributed by atoms with van der Waals surface area (Å²) in [5, 5.41) is 6.33. The average molecular weight is 226 g/mol. The average Bonchev–Trinajstić information content (AvgIpc) is 2.38. The van der Waals surface area contributed by atoms with Crippen LogP contribution in [-0.2, 0) is 0 Å². The number of rotatable bonds is 1. The van der Waals surface area contributed by atoms with Gasteiger partial charge >= 0.3 is 0 Å². The van der Waals surface area contributed by atoms with Crippen LogP contribution in [0.4, 0.5) is 0 Å². The lowest BCUT2D eigenvalue weighted by molar-refractivity contribution is 0.241. The van der Waals surface area contributed by atoms with E-state index >= 15 is 0 Å². The van der Waals surface area contributed by atoms with Crippen molar-refractivity contribution < 1.29 is 0 Å². The Morgan fingerprint density at radius 2 is 1.94 bits per heavy atom. The van der Waals surface area contributed by atoms with E-state index in [-0.39, 0.29) is 0 Å². The van der Waals surface area contributed by atoms with Gasteiger partial charge in [0.25, 0.3) is 0 Å². The smallest absolute Gasteiger partial charge is 0.0455 e. The van der Waals surface area contributed by atoms with Crippen molar-refractivity contribution in [3.05, 3.63) is 48.0 Å². The molecule has 3 rings (SSSR count). The molecule has 1 heterocycles. The highest BCUT2D eigenvalue weighted by atomic mass is 15.2. The number of hydrogen-bond donors (Lipinski definition) is 1. The number of hydrogen-bond acceptors (Lipinski definition) is 2. The predicted octanol–water partition coefficient (Wildman–Crippen LogP) is 2.42. The van der Waals surface area contributed by atoms with E-state index in [0.29, 0.717) is 6.04 Å². The number of benzene rings is 2. The van der Waals surface area contributed by atoms with Crippen molar-refractivity contribution in [3.63, 3.8) is 0 Å². The van der Waals surface area contributed by atoms with Crippen molar-refractivity contribution in [3.8, 4) is 0 Å². The molecular weight excluding hydrogens is 208 g/mol. The normalized spacial score (nSPS) is 21.8. The van der Waals surface area contributed by atoms with Gasteiger partial charge in [-0.15, -0.1) is 0 Å². The number of nitrogens with zero attached hydrogens (tertiary/aromatic N) is 1. The molecule has 0 amide bonds. The van der Waals surface area contributed by atoms with Gasteiger partial charge in [-0.1, -0.05) is 42.5 Å². The van der Waals surface area contributed by atoms with Gasteiger partial charge in [0.05, 0.1) is 0 Å². The highest BCUT2D eigenvalue weighted by Gasteiger charge is 2.19. The quantitative estimate of drug-likeness (QED) is 0.803. The Labute approximate surface area is 102 Å². The zero-order valence-corrected chi connectivity index (χ0v) is 10.2. The fraction of sp³-hybridized carbons (Fsp3) is 0.333. The maximum atomic E-state index is 3.62. The molecule has 0 saturated carbocycles. The van der Waals surface area contributed by atoms with Crippen LogP contribution in [0.5, 0.6) is 0 Å². The Hall–Kier alpha value is -1.38. The summed E-state index contributed by atoms with van der Waals surface area (Å²) >= 11 is 0. The van der Waals surface area contributed by atoms with Crippen LogP contribution >= 0.6 is 0 Å². The zero-order valence-electron chi connectivity index (χ0n) is 10.2. The van der Waals surface area contributed by atoms with Crippen molar-refractivity contribution in [2.75, 3.05) is 26.7 Å². The van der Waals surface area contributed by atoms with E-state index in [1.807, 2.05) is 0 Å². The first-order valence-corrected chi connectivity index (χ1v) is 6.24. The van der Waals surface area contributed by atoms with Crippen molar-refractivity contribution >= 4 is 10.8 Å². The molecule has 1 aliphatic rings. The molecule has 1 saturated heterocycles. The SMILES string of the molecule is CN1CCNC(c2cccc3ccccc23)C1. The summed E-state index contributed by atoms with van der Waals surface area (Å²) in [6.45, 7) is 3.31. The number of nitrogens with one attached hydrogen (secondary N) is 1. The van der Waals surface area contributed by atoms with Crippen LogP contribution in [0, 0.1) is 0 Å². The van der Waals surface area contributed by atoms with Crippen molar-refractivity contribution in [1.29, 1.82) is 0 Å². The highest BCUT2D eigenvalue weighted by Crippen LogP contribution is 2.25. The van der Waals surface area contributed by atoms with Gasteiger partial charge in [-0.2, -0.15) is 0 Å². The first-order valence-electron chi connectivity index (χ1n) is 6.24. The lowest BCUT2D eigenvalue weighted by Crippen LogP contribution is -2.43. The van der Waals surface area contributed by atoms with Gasteiger partial charge in [0.15, 0.2) is 0 Å². The molecule has 2 nitrogen and oxygen atoms in total. The molecule has 88 valence electrons. The van der Waals surface area contributed by atoms with Crippen molar-refractivity contribution in [2.24, 2.45) is 0 Å². The van der Waals surface area contributed by atoms with Crippen LogP contribution in [0.1, 0.15) is 11.6 Å². The van der Waals surface area contributed by atoms with E-state index in [0.717, 1.165) is 19.6 Å². The molecule has 17 heavy (non-hydrogen) atoms. The zero-order chi connectivity index (χ0) is 11.7. The Kier molecular flexibility index (Phi) is 2.83. The minimum atomic E-state index is 0.458. The van der Waals surface area contributed by atoms with Crippen LogP contribution in [-0.4, -0.2) is 31.6 Å². The molecule has 1 atom stereocenters. The fourth-order valence-electron chi connectivity index (χ4n) is 2.66. The topological polar surface area (TPSA) is 15.3 Å². The molecule has 2 heteroatoms. The number of piperazine rings is 1. The molecule has 0 bridgehead atoms. The molecule has 0 spiro atoms. The third-order valence-electron chi connectivity index (χ3n) is 3.58. The fourth-order valence-corrected chi connectivity index (χ4v) is 2.66. The van der Waals surface area contributed by atoms with Crippen molar-refractivity contribution in [2.45, 2.75) is 6.04 Å². The van der Waals surface area contributed by atoms with Gasteiger partial charge in [0.1, 0.15) is 0 Å². The molecule has 1 unspecified atom stereocenters. The standard InChI is InChI=1S/C15H18N2/c1-17-10-9-16-15(11-17)14-8-4-6-12-5-2-3-7-13(12)14/h2-8,15-16H,9-11H2,1H3. The van der Waals surface area contributed by atoms with Crippen LogP contribution in [0.25, 0.3) is 10.8 Å². The van der Waals surface area contributed by atoms with Gasteiger partial charge in [0, 0.05) is 25.7 Å². The maximum Gasteiger partial charge on any atom is 0.0455 e. The summed E-state index contributed by atoms with van der Waals surface area (Å²) in [5.74, 6) is 0. The van der Waals surface area contributed by atoms with Crippen LogP contribution < -0.4 is 5.32 Å². The van der Waals surface area contributed by atoms with E-state index in [4.69, 9.17) is 0 Å². The third kappa shape index (κ3) is 2.06. The van der Waals surface area contributed by atoms with Gasteiger partial charge in [-0.05, 0) is 23.4 Å². The summed E-state index contributed by atoms with van der Waals surface area (Å²) in [5.41, 5.74) is 1.43. The molecule has 0 radical (unpaired) electrons. The van der Waals surface area contributed by atoms with Gasteiger partial charge in [0.2, 0.25) is 0 Å². The van der Waals surface area contributed by atoms with Crippen LogP contribution in [0.15, 0.2) is 42.5 Å². The van der Waals surface area contributed by atoms with E-state index in [2.05, 4.69) is 59.7 Å². The monoisotopic (exact) mass is 226 g/mol. The number of fused-ring (bicyclic) bond motifs is 1. The lowest BCUT2D eigenvalue weighted by Gasteiger charge is -2.31.